The molecule has 0 aliphatic carbocycles. The largest absolute Gasteiger partial charge is 0.303 e. The highest BCUT2D eigenvalue weighted by Crippen LogP contribution is 2.35. The van der Waals surface area contributed by atoms with Gasteiger partial charge in [0.05, 0.1) is 0 Å². The molecule has 0 aromatic carbocycles. The summed E-state index contributed by atoms with van der Waals surface area (Å²) in [4.78, 5) is 2.46. The van der Waals surface area contributed by atoms with Gasteiger partial charge in [0.1, 0.15) is 0 Å². The molecule has 1 aliphatic rings. The summed E-state index contributed by atoms with van der Waals surface area (Å²) >= 11 is 0. The van der Waals surface area contributed by atoms with E-state index in [0.717, 1.165) is 6.04 Å². The molecule has 0 N–H and O–H groups in total. The van der Waals surface area contributed by atoms with E-state index in [1.54, 1.807) is 0 Å². The maximum absolute atomic E-state index is 2.46. The Bertz CT molecular complexity index is 110. The van der Waals surface area contributed by atoms with Crippen LogP contribution in [0.3, 0.4) is 0 Å². The first-order valence-corrected chi connectivity index (χ1v) is 4.28. The molecular weight excluding hydrogens is 122 g/mol. The molecule has 10 heavy (non-hydrogen) atoms. The van der Waals surface area contributed by atoms with Crippen molar-refractivity contribution in [2.75, 3.05) is 13.6 Å². The average Bonchev–Trinajstić information content (AvgIpc) is 2.10. The Balaban J connectivity index is 2.55. The van der Waals surface area contributed by atoms with Crippen LogP contribution in [0.2, 0.25) is 0 Å². The van der Waals surface area contributed by atoms with Gasteiger partial charge in [-0.1, -0.05) is 13.8 Å². The van der Waals surface area contributed by atoms with Crippen molar-refractivity contribution in [3.05, 3.63) is 0 Å². The second-order valence-corrected chi connectivity index (χ2v) is 4.13. The Labute approximate surface area is 64.4 Å². The van der Waals surface area contributed by atoms with Crippen molar-refractivity contribution < 1.29 is 0 Å². The minimum Gasteiger partial charge on any atom is -0.303 e. The first-order valence-electron chi connectivity index (χ1n) is 4.28. The Morgan fingerprint density at radius 1 is 1.60 bits per heavy atom. The van der Waals surface area contributed by atoms with Gasteiger partial charge in [-0.25, -0.2) is 0 Å². The number of rotatable bonds is 1. The molecule has 1 fully saturated rings. The van der Waals surface area contributed by atoms with Gasteiger partial charge >= 0.3 is 0 Å². The number of likely N-dealkylation sites (tertiary alicyclic amines) is 1. The monoisotopic (exact) mass is 141 g/mol. The topological polar surface area (TPSA) is 3.24 Å². The number of nitrogens with zero attached hydrogens (tertiary/aromatic N) is 1. The maximum Gasteiger partial charge on any atom is 0.00697 e. The Hall–Kier alpha value is -0.0400. The molecule has 0 aromatic heterocycles. The zero-order chi connectivity index (χ0) is 7.78. The Kier molecular flexibility index (Phi) is 2.04. The SMILES string of the molecule is CCC1(C)C[C@@H](C)N(C)C1. The summed E-state index contributed by atoms with van der Waals surface area (Å²) in [5.74, 6) is 0. The highest BCUT2D eigenvalue weighted by molar-refractivity contribution is 4.88. The summed E-state index contributed by atoms with van der Waals surface area (Å²) in [6.45, 7) is 8.30. The third-order valence-corrected chi connectivity index (χ3v) is 3.03. The van der Waals surface area contributed by atoms with E-state index in [1.807, 2.05) is 0 Å². The molecule has 1 unspecified atom stereocenters. The normalized spacial score (nSPS) is 42.6. The van der Waals surface area contributed by atoms with Crippen LogP contribution >= 0.6 is 0 Å². The van der Waals surface area contributed by atoms with Gasteiger partial charge in [-0.2, -0.15) is 0 Å². The predicted molar refractivity (Wildman–Crippen MR) is 45.1 cm³/mol. The van der Waals surface area contributed by atoms with Gasteiger partial charge < -0.3 is 4.90 Å². The molecular formula is C9H19N. The molecule has 0 saturated carbocycles. The lowest BCUT2D eigenvalue weighted by Gasteiger charge is -2.20. The maximum atomic E-state index is 2.46. The van der Waals surface area contributed by atoms with Crippen molar-refractivity contribution >= 4 is 0 Å². The third-order valence-electron chi connectivity index (χ3n) is 3.03. The highest BCUT2D eigenvalue weighted by Gasteiger charge is 2.34. The molecule has 1 nitrogen and oxygen atoms in total. The average molecular weight is 141 g/mol. The van der Waals surface area contributed by atoms with Crippen LogP contribution in [-0.4, -0.2) is 24.5 Å². The van der Waals surface area contributed by atoms with Gasteiger partial charge in [-0.3, -0.25) is 0 Å². The van der Waals surface area contributed by atoms with E-state index in [4.69, 9.17) is 0 Å². The Morgan fingerprint density at radius 3 is 2.40 bits per heavy atom. The molecule has 1 saturated heterocycles. The van der Waals surface area contributed by atoms with Crippen LogP contribution in [0.5, 0.6) is 0 Å². The molecule has 60 valence electrons. The highest BCUT2D eigenvalue weighted by atomic mass is 15.2. The van der Waals surface area contributed by atoms with Gasteiger partial charge in [0.2, 0.25) is 0 Å². The van der Waals surface area contributed by atoms with Crippen molar-refractivity contribution in [1.82, 2.24) is 4.90 Å². The summed E-state index contributed by atoms with van der Waals surface area (Å²) in [5.41, 5.74) is 0.605. The molecule has 0 amide bonds. The summed E-state index contributed by atoms with van der Waals surface area (Å²) in [7, 11) is 2.23. The van der Waals surface area contributed by atoms with Crippen molar-refractivity contribution in [3.8, 4) is 0 Å². The van der Waals surface area contributed by atoms with Crippen LogP contribution in [0.4, 0.5) is 0 Å². The van der Waals surface area contributed by atoms with Gasteiger partial charge in [0.25, 0.3) is 0 Å². The van der Waals surface area contributed by atoms with E-state index in [9.17, 15) is 0 Å². The van der Waals surface area contributed by atoms with E-state index in [0.29, 0.717) is 5.41 Å². The number of hydrogen-bond acceptors (Lipinski definition) is 1. The van der Waals surface area contributed by atoms with Crippen LogP contribution < -0.4 is 0 Å². The molecule has 0 radical (unpaired) electrons. The number of hydrogen-bond donors (Lipinski definition) is 0. The fourth-order valence-electron chi connectivity index (χ4n) is 1.95. The minimum absolute atomic E-state index is 0.605. The molecule has 1 heterocycles. The molecule has 2 atom stereocenters. The van der Waals surface area contributed by atoms with Crippen LogP contribution in [0.15, 0.2) is 0 Å². The fourth-order valence-corrected chi connectivity index (χ4v) is 1.95. The first kappa shape index (κ1) is 8.06. The van der Waals surface area contributed by atoms with Crippen molar-refractivity contribution in [1.29, 1.82) is 0 Å². The predicted octanol–water partition coefficient (Wildman–Crippen LogP) is 2.13. The Morgan fingerprint density at radius 2 is 2.20 bits per heavy atom. The molecule has 1 rings (SSSR count). The molecule has 0 aromatic rings. The zero-order valence-corrected chi connectivity index (χ0v) is 7.65. The van der Waals surface area contributed by atoms with Gasteiger partial charge in [-0.15, -0.1) is 0 Å². The van der Waals surface area contributed by atoms with E-state index in [1.165, 1.54) is 19.4 Å². The van der Waals surface area contributed by atoms with E-state index in [-0.39, 0.29) is 0 Å². The summed E-state index contributed by atoms with van der Waals surface area (Å²) < 4.78 is 0. The first-order chi connectivity index (χ1) is 4.57. The zero-order valence-electron chi connectivity index (χ0n) is 7.65. The fraction of sp³-hybridized carbons (Fsp3) is 1.00. The lowest BCUT2D eigenvalue weighted by Crippen LogP contribution is -2.23. The summed E-state index contributed by atoms with van der Waals surface area (Å²) in [6, 6.07) is 0.796. The van der Waals surface area contributed by atoms with Gasteiger partial charge in [0, 0.05) is 12.6 Å². The smallest absolute Gasteiger partial charge is 0.00697 e. The van der Waals surface area contributed by atoms with E-state index >= 15 is 0 Å². The van der Waals surface area contributed by atoms with E-state index < -0.39 is 0 Å². The minimum atomic E-state index is 0.605. The van der Waals surface area contributed by atoms with Crippen molar-refractivity contribution in [2.45, 2.75) is 39.7 Å². The lowest BCUT2D eigenvalue weighted by molar-refractivity contribution is 0.288. The second-order valence-electron chi connectivity index (χ2n) is 4.13. The molecule has 0 spiro atoms. The summed E-state index contributed by atoms with van der Waals surface area (Å²) in [6.07, 6.45) is 2.70. The molecule has 1 aliphatic heterocycles. The summed E-state index contributed by atoms with van der Waals surface area (Å²) in [5, 5.41) is 0. The van der Waals surface area contributed by atoms with Crippen LogP contribution in [0, 0.1) is 5.41 Å². The van der Waals surface area contributed by atoms with Crippen LogP contribution in [-0.2, 0) is 0 Å². The van der Waals surface area contributed by atoms with Crippen LogP contribution in [0.25, 0.3) is 0 Å². The van der Waals surface area contributed by atoms with Crippen LogP contribution in [0.1, 0.15) is 33.6 Å². The van der Waals surface area contributed by atoms with Gasteiger partial charge in [-0.05, 0) is 32.2 Å². The molecule has 0 bridgehead atoms. The van der Waals surface area contributed by atoms with E-state index in [2.05, 4.69) is 32.7 Å². The molecule has 1 heteroatoms. The van der Waals surface area contributed by atoms with Gasteiger partial charge in [0.15, 0.2) is 0 Å². The third kappa shape index (κ3) is 1.34. The quantitative estimate of drug-likeness (QED) is 0.540. The second kappa shape index (κ2) is 2.54. The lowest BCUT2D eigenvalue weighted by atomic mass is 9.85. The van der Waals surface area contributed by atoms with Crippen molar-refractivity contribution in [3.63, 3.8) is 0 Å². The standard InChI is InChI=1S/C9H19N/c1-5-9(3)6-8(2)10(4)7-9/h8H,5-7H2,1-4H3/t8-,9?/m1/s1. The van der Waals surface area contributed by atoms with Crippen molar-refractivity contribution in [2.24, 2.45) is 5.41 Å².